The minimum Gasteiger partial charge on any atom is -0.496 e. The quantitative estimate of drug-likeness (QED) is 0.656. The Morgan fingerprint density at radius 3 is 2.75 bits per heavy atom. The van der Waals surface area contributed by atoms with Crippen LogP contribution in [0.25, 0.3) is 0 Å². The zero-order valence-electron chi connectivity index (χ0n) is 11.6. The predicted octanol–water partition coefficient (Wildman–Crippen LogP) is 0.912. The van der Waals surface area contributed by atoms with Gasteiger partial charge in [-0.15, -0.1) is 0 Å². The van der Waals surface area contributed by atoms with E-state index in [0.29, 0.717) is 36.5 Å². The minimum absolute atomic E-state index is 0.216. The first kappa shape index (κ1) is 14.2. The number of likely N-dealkylation sites (tertiary alicyclic amines) is 1. The molecule has 6 nitrogen and oxygen atoms in total. The van der Waals surface area contributed by atoms with Crippen LogP contribution in [0.5, 0.6) is 5.75 Å². The molecule has 1 unspecified atom stereocenters. The molecule has 1 atom stereocenters. The lowest BCUT2D eigenvalue weighted by Crippen LogP contribution is -2.31. The highest BCUT2D eigenvalue weighted by Crippen LogP contribution is 2.28. The molecule has 1 aliphatic rings. The Morgan fingerprint density at radius 2 is 2.10 bits per heavy atom. The normalized spacial score (nSPS) is 17.9. The van der Waals surface area contributed by atoms with Crippen LogP contribution in [-0.2, 0) is 9.53 Å². The number of hydrogen-bond donors (Lipinski definition) is 1. The third-order valence-corrected chi connectivity index (χ3v) is 3.50. The number of anilines is 1. The summed E-state index contributed by atoms with van der Waals surface area (Å²) < 4.78 is 9.89. The number of amides is 1. The number of rotatable bonds is 3. The van der Waals surface area contributed by atoms with E-state index in [9.17, 15) is 9.59 Å². The molecule has 108 valence electrons. The molecule has 0 spiro atoms. The number of ether oxygens (including phenoxy) is 2. The van der Waals surface area contributed by atoms with E-state index in [-0.39, 0.29) is 17.8 Å². The fourth-order valence-electron chi connectivity index (χ4n) is 2.41. The lowest BCUT2D eigenvalue weighted by atomic mass is 10.1. The molecule has 0 aromatic heterocycles. The lowest BCUT2D eigenvalue weighted by Gasteiger charge is -2.19. The Hall–Kier alpha value is -2.24. The lowest BCUT2D eigenvalue weighted by molar-refractivity contribution is -0.144. The molecule has 1 aromatic rings. The monoisotopic (exact) mass is 278 g/mol. The van der Waals surface area contributed by atoms with Gasteiger partial charge in [0.05, 0.1) is 20.1 Å². The van der Waals surface area contributed by atoms with Crippen molar-refractivity contribution in [1.29, 1.82) is 0 Å². The Bertz CT molecular complexity index is 530. The highest BCUT2D eigenvalue weighted by molar-refractivity contribution is 6.02. The highest BCUT2D eigenvalue weighted by atomic mass is 16.5. The maximum atomic E-state index is 12.5. The SMILES string of the molecule is COC(=O)C1CCN(C(=O)c2c(N)cccc2OC)C1. The van der Waals surface area contributed by atoms with Crippen molar-refractivity contribution in [2.75, 3.05) is 33.0 Å². The molecule has 1 fully saturated rings. The molecule has 1 amide bonds. The van der Waals surface area contributed by atoms with Crippen molar-refractivity contribution >= 4 is 17.6 Å². The van der Waals surface area contributed by atoms with Crippen molar-refractivity contribution in [3.8, 4) is 5.75 Å². The smallest absolute Gasteiger partial charge is 0.310 e. The number of esters is 1. The Kier molecular flexibility index (Phi) is 4.12. The summed E-state index contributed by atoms with van der Waals surface area (Å²) in [6, 6.07) is 5.08. The van der Waals surface area contributed by atoms with Crippen LogP contribution in [-0.4, -0.2) is 44.1 Å². The average Bonchev–Trinajstić information content (AvgIpc) is 2.95. The summed E-state index contributed by atoms with van der Waals surface area (Å²) in [7, 11) is 2.85. The van der Waals surface area contributed by atoms with Gasteiger partial charge in [-0.3, -0.25) is 9.59 Å². The molecule has 2 N–H and O–H groups in total. The van der Waals surface area contributed by atoms with E-state index < -0.39 is 0 Å². The van der Waals surface area contributed by atoms with Crippen molar-refractivity contribution in [3.63, 3.8) is 0 Å². The Morgan fingerprint density at radius 1 is 1.35 bits per heavy atom. The van der Waals surface area contributed by atoms with Gasteiger partial charge in [0, 0.05) is 18.8 Å². The summed E-state index contributed by atoms with van der Waals surface area (Å²) in [5, 5.41) is 0. The number of nitrogens with zero attached hydrogens (tertiary/aromatic N) is 1. The van der Waals surface area contributed by atoms with Crippen molar-refractivity contribution in [3.05, 3.63) is 23.8 Å². The predicted molar refractivity (Wildman–Crippen MR) is 73.4 cm³/mol. The first-order valence-electron chi connectivity index (χ1n) is 6.38. The number of nitrogens with two attached hydrogens (primary N) is 1. The van der Waals surface area contributed by atoms with Crippen LogP contribution >= 0.6 is 0 Å². The molecule has 1 aliphatic heterocycles. The molecule has 0 aliphatic carbocycles. The first-order valence-corrected chi connectivity index (χ1v) is 6.38. The standard InChI is InChI=1S/C14H18N2O4/c1-19-11-5-3-4-10(15)12(11)13(17)16-7-6-9(8-16)14(18)20-2/h3-5,9H,6-8,15H2,1-2H3. The maximum Gasteiger partial charge on any atom is 0.310 e. The highest BCUT2D eigenvalue weighted by Gasteiger charge is 2.33. The van der Waals surface area contributed by atoms with E-state index in [0.717, 1.165) is 0 Å². The second-order valence-corrected chi connectivity index (χ2v) is 4.68. The van der Waals surface area contributed by atoms with E-state index in [4.69, 9.17) is 15.2 Å². The molecule has 20 heavy (non-hydrogen) atoms. The molecule has 1 saturated heterocycles. The second kappa shape index (κ2) is 5.81. The number of carbonyl (C=O) groups excluding carboxylic acids is 2. The molecule has 0 radical (unpaired) electrons. The van der Waals surface area contributed by atoms with E-state index >= 15 is 0 Å². The van der Waals surface area contributed by atoms with Crippen LogP contribution < -0.4 is 10.5 Å². The summed E-state index contributed by atoms with van der Waals surface area (Å²) in [6.07, 6.45) is 0.605. The van der Waals surface area contributed by atoms with Crippen LogP contribution in [0.3, 0.4) is 0 Å². The summed E-state index contributed by atoms with van der Waals surface area (Å²) in [4.78, 5) is 25.6. The third kappa shape index (κ3) is 2.54. The summed E-state index contributed by atoms with van der Waals surface area (Å²) in [5.74, 6) is -0.323. The topological polar surface area (TPSA) is 81.9 Å². The number of hydrogen-bond acceptors (Lipinski definition) is 5. The van der Waals surface area contributed by atoms with Crippen molar-refractivity contribution in [2.45, 2.75) is 6.42 Å². The summed E-state index contributed by atoms with van der Waals surface area (Å²) in [6.45, 7) is 0.860. The van der Waals surface area contributed by atoms with E-state index in [2.05, 4.69) is 0 Å². The van der Waals surface area contributed by atoms with Gasteiger partial charge in [0.25, 0.3) is 5.91 Å². The van der Waals surface area contributed by atoms with Crippen LogP contribution in [0.4, 0.5) is 5.69 Å². The van der Waals surface area contributed by atoms with Gasteiger partial charge in [-0.1, -0.05) is 6.07 Å². The third-order valence-electron chi connectivity index (χ3n) is 3.50. The fraction of sp³-hybridized carbons (Fsp3) is 0.429. The molecular formula is C14H18N2O4. The number of benzene rings is 1. The number of methoxy groups -OCH3 is 2. The Balaban J connectivity index is 2.19. The zero-order valence-corrected chi connectivity index (χ0v) is 11.6. The van der Waals surface area contributed by atoms with Crippen molar-refractivity contribution in [1.82, 2.24) is 4.90 Å². The number of carbonyl (C=O) groups is 2. The van der Waals surface area contributed by atoms with Gasteiger partial charge in [0.1, 0.15) is 11.3 Å². The van der Waals surface area contributed by atoms with Gasteiger partial charge in [-0.05, 0) is 18.6 Å². The minimum atomic E-state index is -0.284. The van der Waals surface area contributed by atoms with Gasteiger partial charge in [0.15, 0.2) is 0 Å². The van der Waals surface area contributed by atoms with Crippen LogP contribution in [0.2, 0.25) is 0 Å². The molecule has 6 heteroatoms. The average molecular weight is 278 g/mol. The maximum absolute atomic E-state index is 12.5. The van der Waals surface area contributed by atoms with E-state index in [1.807, 2.05) is 0 Å². The zero-order chi connectivity index (χ0) is 14.7. The molecule has 1 heterocycles. The molecule has 1 aromatic carbocycles. The summed E-state index contributed by atoms with van der Waals surface area (Å²) >= 11 is 0. The van der Waals surface area contributed by atoms with Crippen molar-refractivity contribution < 1.29 is 19.1 Å². The van der Waals surface area contributed by atoms with Gasteiger partial charge in [-0.25, -0.2) is 0 Å². The van der Waals surface area contributed by atoms with Gasteiger partial charge in [0.2, 0.25) is 0 Å². The van der Waals surface area contributed by atoms with Gasteiger partial charge < -0.3 is 20.1 Å². The molecular weight excluding hydrogens is 260 g/mol. The van der Waals surface area contributed by atoms with Crippen LogP contribution in [0.15, 0.2) is 18.2 Å². The van der Waals surface area contributed by atoms with Gasteiger partial charge in [-0.2, -0.15) is 0 Å². The van der Waals surface area contributed by atoms with E-state index in [1.54, 1.807) is 23.1 Å². The largest absolute Gasteiger partial charge is 0.496 e. The second-order valence-electron chi connectivity index (χ2n) is 4.68. The van der Waals surface area contributed by atoms with Gasteiger partial charge >= 0.3 is 5.97 Å². The van der Waals surface area contributed by atoms with Crippen LogP contribution in [0, 0.1) is 5.92 Å². The molecule has 0 saturated carbocycles. The molecule has 0 bridgehead atoms. The Labute approximate surface area is 117 Å². The van der Waals surface area contributed by atoms with E-state index in [1.165, 1.54) is 14.2 Å². The molecule has 2 rings (SSSR count). The van der Waals surface area contributed by atoms with Crippen LogP contribution in [0.1, 0.15) is 16.8 Å². The summed E-state index contributed by atoms with van der Waals surface area (Å²) in [5.41, 5.74) is 6.59. The first-order chi connectivity index (χ1) is 9.58. The van der Waals surface area contributed by atoms with Crippen molar-refractivity contribution in [2.24, 2.45) is 5.92 Å². The fourth-order valence-corrected chi connectivity index (χ4v) is 2.41. The number of nitrogen functional groups attached to an aromatic ring is 1.